The molecule has 0 spiro atoms. The number of aliphatic carboxylic acids is 1. The highest BCUT2D eigenvalue weighted by Crippen LogP contribution is 2.33. The van der Waals surface area contributed by atoms with Gasteiger partial charge in [0.2, 0.25) is 5.91 Å². The van der Waals surface area contributed by atoms with Gasteiger partial charge >= 0.3 is 5.97 Å². The number of nitrogens with zero attached hydrogens (tertiary/aromatic N) is 1. The molecule has 0 aliphatic carbocycles. The van der Waals surface area contributed by atoms with Crippen molar-refractivity contribution >= 4 is 11.9 Å². The van der Waals surface area contributed by atoms with Crippen LogP contribution in [-0.2, 0) is 9.59 Å². The van der Waals surface area contributed by atoms with Gasteiger partial charge in [-0.3, -0.25) is 9.59 Å². The predicted octanol–water partition coefficient (Wildman–Crippen LogP) is 1.48. The summed E-state index contributed by atoms with van der Waals surface area (Å²) in [5, 5.41) is 12.3. The second-order valence-electron chi connectivity index (χ2n) is 5.50. The molecule has 0 aromatic rings. The Kier molecular flexibility index (Phi) is 5.79. The Hall–Kier alpha value is -1.10. The molecule has 0 aromatic heterocycles. The summed E-state index contributed by atoms with van der Waals surface area (Å²) in [6.07, 6.45) is 3.35. The molecule has 1 rings (SSSR count). The van der Waals surface area contributed by atoms with Crippen LogP contribution < -0.4 is 5.32 Å². The first kappa shape index (κ1) is 16.0. The van der Waals surface area contributed by atoms with E-state index < -0.39 is 11.4 Å². The lowest BCUT2D eigenvalue weighted by atomic mass is 9.76. The Morgan fingerprint density at radius 3 is 2.53 bits per heavy atom. The molecule has 19 heavy (non-hydrogen) atoms. The van der Waals surface area contributed by atoms with E-state index in [2.05, 4.69) is 5.32 Å². The Bertz CT molecular complexity index is 325. The number of carboxylic acids is 1. The zero-order chi connectivity index (χ0) is 14.5. The van der Waals surface area contributed by atoms with E-state index in [0.717, 1.165) is 32.2 Å². The maximum atomic E-state index is 12.8. The van der Waals surface area contributed by atoms with Gasteiger partial charge in [0.05, 0.1) is 5.41 Å². The van der Waals surface area contributed by atoms with Crippen molar-refractivity contribution < 1.29 is 14.7 Å². The summed E-state index contributed by atoms with van der Waals surface area (Å²) < 4.78 is 0. The number of amides is 1. The van der Waals surface area contributed by atoms with Crippen LogP contribution in [0.5, 0.6) is 0 Å². The van der Waals surface area contributed by atoms with E-state index >= 15 is 0 Å². The summed E-state index contributed by atoms with van der Waals surface area (Å²) in [6.45, 7) is 7.31. The predicted molar refractivity (Wildman–Crippen MR) is 73.9 cm³/mol. The molecule has 1 amide bonds. The highest BCUT2D eigenvalue weighted by Gasteiger charge is 2.41. The molecule has 2 atom stereocenters. The van der Waals surface area contributed by atoms with E-state index in [1.165, 1.54) is 0 Å². The number of piperidine rings is 1. The average Bonchev–Trinajstić information content (AvgIpc) is 2.43. The summed E-state index contributed by atoms with van der Waals surface area (Å²) in [4.78, 5) is 25.4. The largest absolute Gasteiger partial charge is 0.480 e. The molecule has 110 valence electrons. The van der Waals surface area contributed by atoms with Crippen molar-refractivity contribution in [1.82, 2.24) is 10.2 Å². The van der Waals surface area contributed by atoms with Crippen LogP contribution in [0.2, 0.25) is 0 Å². The summed E-state index contributed by atoms with van der Waals surface area (Å²) >= 11 is 0. The third-order valence-corrected chi connectivity index (χ3v) is 4.29. The molecule has 2 unspecified atom stereocenters. The molecule has 1 heterocycles. The van der Waals surface area contributed by atoms with Gasteiger partial charge in [-0.15, -0.1) is 0 Å². The SMILES string of the molecule is CCC(C)N(CC(=O)O)C(=O)C1(CC)CCCNC1. The molecule has 0 aromatic carbocycles. The highest BCUT2D eigenvalue weighted by molar-refractivity contribution is 5.86. The summed E-state index contributed by atoms with van der Waals surface area (Å²) in [5.41, 5.74) is -0.420. The second kappa shape index (κ2) is 6.89. The van der Waals surface area contributed by atoms with Crippen molar-refractivity contribution in [3.05, 3.63) is 0 Å². The van der Waals surface area contributed by atoms with Crippen LogP contribution >= 0.6 is 0 Å². The van der Waals surface area contributed by atoms with Gasteiger partial charge in [-0.25, -0.2) is 0 Å². The Labute approximate surface area is 115 Å². The van der Waals surface area contributed by atoms with E-state index in [1.807, 2.05) is 20.8 Å². The van der Waals surface area contributed by atoms with Crippen LogP contribution in [0.4, 0.5) is 0 Å². The summed E-state index contributed by atoms with van der Waals surface area (Å²) in [7, 11) is 0. The Balaban J connectivity index is 2.92. The van der Waals surface area contributed by atoms with Gasteiger partial charge in [-0.2, -0.15) is 0 Å². The smallest absolute Gasteiger partial charge is 0.323 e. The Morgan fingerprint density at radius 1 is 1.42 bits per heavy atom. The summed E-state index contributed by atoms with van der Waals surface area (Å²) in [6, 6.07) is -0.0334. The maximum Gasteiger partial charge on any atom is 0.323 e. The first-order valence-corrected chi connectivity index (χ1v) is 7.20. The van der Waals surface area contributed by atoms with E-state index in [4.69, 9.17) is 5.11 Å². The topological polar surface area (TPSA) is 69.6 Å². The molecule has 0 bridgehead atoms. The fourth-order valence-electron chi connectivity index (χ4n) is 2.70. The molecule has 0 radical (unpaired) electrons. The standard InChI is InChI=1S/C14H26N2O3/c1-4-11(3)16(9-12(17)18)13(19)14(5-2)7-6-8-15-10-14/h11,15H,4-10H2,1-3H3,(H,17,18). The van der Waals surface area contributed by atoms with Gasteiger partial charge in [0, 0.05) is 12.6 Å². The fraction of sp³-hybridized carbons (Fsp3) is 0.857. The molecule has 5 heteroatoms. The van der Waals surface area contributed by atoms with Crippen molar-refractivity contribution in [2.75, 3.05) is 19.6 Å². The number of hydrogen-bond acceptors (Lipinski definition) is 3. The summed E-state index contributed by atoms with van der Waals surface area (Å²) in [5.74, 6) is -0.942. The molecular formula is C14H26N2O3. The third-order valence-electron chi connectivity index (χ3n) is 4.29. The first-order valence-electron chi connectivity index (χ1n) is 7.20. The van der Waals surface area contributed by atoms with Crippen molar-refractivity contribution in [3.8, 4) is 0 Å². The van der Waals surface area contributed by atoms with Crippen LogP contribution in [0, 0.1) is 5.41 Å². The monoisotopic (exact) mass is 270 g/mol. The highest BCUT2D eigenvalue weighted by atomic mass is 16.4. The lowest BCUT2D eigenvalue weighted by molar-refractivity contribution is -0.153. The van der Waals surface area contributed by atoms with E-state index in [9.17, 15) is 9.59 Å². The van der Waals surface area contributed by atoms with Gasteiger partial charge in [-0.1, -0.05) is 13.8 Å². The number of hydrogen-bond donors (Lipinski definition) is 2. The van der Waals surface area contributed by atoms with Crippen LogP contribution in [0.1, 0.15) is 46.5 Å². The molecule has 5 nitrogen and oxygen atoms in total. The molecule has 1 saturated heterocycles. The molecule has 1 aliphatic rings. The number of carbonyl (C=O) groups is 2. The maximum absolute atomic E-state index is 12.8. The van der Waals surface area contributed by atoms with E-state index in [0.29, 0.717) is 6.54 Å². The second-order valence-corrected chi connectivity index (χ2v) is 5.50. The van der Waals surface area contributed by atoms with Gasteiger partial charge < -0.3 is 15.3 Å². The first-order chi connectivity index (χ1) is 8.96. The number of rotatable bonds is 6. The van der Waals surface area contributed by atoms with Crippen LogP contribution in [-0.4, -0.2) is 47.6 Å². The number of carboxylic acid groups (broad SMARTS) is 1. The molecule has 1 aliphatic heterocycles. The van der Waals surface area contributed by atoms with Gasteiger partial charge in [-0.05, 0) is 39.2 Å². The van der Waals surface area contributed by atoms with Crippen molar-refractivity contribution in [2.24, 2.45) is 5.41 Å². The van der Waals surface area contributed by atoms with Crippen molar-refractivity contribution in [3.63, 3.8) is 0 Å². The minimum atomic E-state index is -0.941. The lowest BCUT2D eigenvalue weighted by Gasteiger charge is -2.41. The number of nitrogens with one attached hydrogen (secondary N) is 1. The minimum absolute atomic E-state index is 0.000972. The third kappa shape index (κ3) is 3.69. The van der Waals surface area contributed by atoms with Crippen LogP contribution in [0.3, 0.4) is 0 Å². The number of carbonyl (C=O) groups excluding carboxylic acids is 1. The molecular weight excluding hydrogens is 244 g/mol. The Morgan fingerprint density at radius 2 is 2.11 bits per heavy atom. The fourth-order valence-corrected chi connectivity index (χ4v) is 2.70. The minimum Gasteiger partial charge on any atom is -0.480 e. The van der Waals surface area contributed by atoms with Gasteiger partial charge in [0.15, 0.2) is 0 Å². The quantitative estimate of drug-likeness (QED) is 0.767. The van der Waals surface area contributed by atoms with E-state index in [-0.39, 0.29) is 18.5 Å². The van der Waals surface area contributed by atoms with E-state index in [1.54, 1.807) is 4.90 Å². The molecule has 2 N–H and O–H groups in total. The van der Waals surface area contributed by atoms with Crippen molar-refractivity contribution in [1.29, 1.82) is 0 Å². The molecule has 0 saturated carbocycles. The van der Waals surface area contributed by atoms with Crippen LogP contribution in [0.15, 0.2) is 0 Å². The van der Waals surface area contributed by atoms with Gasteiger partial charge in [0.1, 0.15) is 6.54 Å². The zero-order valence-corrected chi connectivity index (χ0v) is 12.2. The van der Waals surface area contributed by atoms with Crippen LogP contribution in [0.25, 0.3) is 0 Å². The molecule has 1 fully saturated rings. The van der Waals surface area contributed by atoms with Gasteiger partial charge in [0.25, 0.3) is 0 Å². The normalized spacial score (nSPS) is 24.8. The van der Waals surface area contributed by atoms with Crippen molar-refractivity contribution in [2.45, 2.75) is 52.5 Å². The lowest BCUT2D eigenvalue weighted by Crippen LogP contribution is -2.54. The zero-order valence-electron chi connectivity index (χ0n) is 12.2. The average molecular weight is 270 g/mol.